The minimum absolute atomic E-state index is 0.00570. The first-order valence-corrected chi connectivity index (χ1v) is 21.8. The third kappa shape index (κ3) is 11.4. The van der Waals surface area contributed by atoms with Gasteiger partial charge < -0.3 is 37.3 Å². The minimum atomic E-state index is -0.714. The predicted molar refractivity (Wildman–Crippen MR) is 234 cm³/mol. The Kier molecular flexibility index (Phi) is 14.5. The van der Waals surface area contributed by atoms with Crippen LogP contribution in [0.4, 0.5) is 0 Å². The molecule has 0 aliphatic heterocycles. The summed E-state index contributed by atoms with van der Waals surface area (Å²) in [5.41, 5.74) is 6.61. The van der Waals surface area contributed by atoms with Crippen LogP contribution in [0.5, 0.6) is 5.75 Å². The molecular weight excluding hydrogens is 801 g/mol. The third-order valence-electron chi connectivity index (χ3n) is 11.8. The molecule has 2 heterocycles. The maximum absolute atomic E-state index is 13.8. The van der Waals surface area contributed by atoms with Gasteiger partial charge in [-0.3, -0.25) is 0 Å². The molecule has 2 saturated carbocycles. The Morgan fingerprint density at radius 2 is 1.00 bits per heavy atom. The van der Waals surface area contributed by atoms with Crippen LogP contribution in [-0.2, 0) is 50.1 Å². The number of oxazole rings is 2. The first-order valence-electron chi connectivity index (χ1n) is 21.8. The average molecular weight is 855 g/mol. The quantitative estimate of drug-likeness (QED) is 0.0636. The van der Waals surface area contributed by atoms with E-state index in [9.17, 15) is 9.59 Å². The first kappa shape index (κ1) is 43.7. The Morgan fingerprint density at radius 1 is 0.556 bits per heavy atom. The number of hydrogen-bond donors (Lipinski definition) is 0. The van der Waals surface area contributed by atoms with Crippen molar-refractivity contribution in [1.29, 1.82) is 0 Å². The number of carbonyl (C=O) groups excluding carboxylic acids is 2. The highest BCUT2D eigenvalue weighted by Gasteiger charge is 2.28. The number of carbonyl (C=O) groups is 2. The van der Waals surface area contributed by atoms with Gasteiger partial charge in [0.2, 0.25) is 11.8 Å². The Morgan fingerprint density at radius 3 is 1.46 bits per heavy atom. The zero-order valence-electron chi connectivity index (χ0n) is 36.1. The van der Waals surface area contributed by atoms with Gasteiger partial charge in [0.15, 0.2) is 0 Å². The molecule has 0 saturated heterocycles. The minimum Gasteiger partial charge on any atom is -0.497 e. The highest BCUT2D eigenvalue weighted by molar-refractivity contribution is 6.05. The van der Waals surface area contributed by atoms with Gasteiger partial charge in [-0.15, -0.1) is 0 Å². The fourth-order valence-corrected chi connectivity index (χ4v) is 8.43. The van der Waals surface area contributed by atoms with E-state index in [0.717, 1.165) is 67.5 Å². The summed E-state index contributed by atoms with van der Waals surface area (Å²) < 4.78 is 47.6. The second-order valence-electron chi connectivity index (χ2n) is 16.3. The maximum Gasteiger partial charge on any atom is 0.346 e. The van der Waals surface area contributed by atoms with Crippen molar-refractivity contribution in [1.82, 2.24) is 9.97 Å². The van der Waals surface area contributed by atoms with Gasteiger partial charge in [0.1, 0.15) is 29.7 Å². The molecule has 4 atom stereocenters. The number of nitrogens with zero attached hydrogens (tertiary/aromatic N) is 2. The lowest BCUT2D eigenvalue weighted by atomic mass is 9.94. The Bertz CT molecular complexity index is 2440. The van der Waals surface area contributed by atoms with Crippen LogP contribution in [-0.4, -0.2) is 53.4 Å². The number of aryl methyl sites for hydroxylation is 2. The van der Waals surface area contributed by atoms with Gasteiger partial charge in [-0.1, -0.05) is 54.6 Å². The van der Waals surface area contributed by atoms with Crippen LogP contribution >= 0.6 is 0 Å². The van der Waals surface area contributed by atoms with Gasteiger partial charge in [0, 0.05) is 11.1 Å². The summed E-state index contributed by atoms with van der Waals surface area (Å²) in [6, 6.07) is 28.4. The van der Waals surface area contributed by atoms with Gasteiger partial charge in [-0.05, 0) is 124 Å². The Hall–Kier alpha value is -5.92. The molecule has 0 amide bonds. The van der Waals surface area contributed by atoms with Gasteiger partial charge >= 0.3 is 11.9 Å². The standard InChI is InChI=1S/C51H54N2O10/c1-33-11-7-15-37(27-57-42-17-9-19-44(25-42)59-29-39-31-61-48(52-39)35-13-5-4-6-14-35)46(33)50(54)63-51(55)47-34(2)12-8-16-38(47)28-58-43-18-10-20-45(26-43)60-30-40-32-62-49(53-40)36-21-23-41(56-3)24-22-36/h4-8,11-16,21-24,31-32,42-45H,9-10,17-20,25-30H2,1-3H3. The second-order valence-corrected chi connectivity index (χ2v) is 16.3. The Labute approximate surface area is 367 Å². The molecule has 2 aliphatic rings. The molecular formula is C51H54N2O10. The van der Waals surface area contributed by atoms with Crippen LogP contribution in [0.25, 0.3) is 22.9 Å². The smallest absolute Gasteiger partial charge is 0.346 e. The van der Waals surface area contributed by atoms with Crippen molar-refractivity contribution in [2.24, 2.45) is 0 Å². The van der Waals surface area contributed by atoms with E-state index in [1.807, 2.05) is 105 Å². The fourth-order valence-electron chi connectivity index (χ4n) is 8.43. The summed E-state index contributed by atoms with van der Waals surface area (Å²) in [5.74, 6) is 0.432. The van der Waals surface area contributed by atoms with Gasteiger partial charge in [-0.25, -0.2) is 19.6 Å². The lowest BCUT2D eigenvalue weighted by Crippen LogP contribution is -2.28. The number of hydrogen-bond acceptors (Lipinski definition) is 12. The van der Waals surface area contributed by atoms with E-state index in [2.05, 4.69) is 9.97 Å². The van der Waals surface area contributed by atoms with E-state index in [1.165, 1.54) is 0 Å². The number of ether oxygens (including phenoxy) is 6. The number of benzene rings is 4. The van der Waals surface area contributed by atoms with Crippen molar-refractivity contribution in [2.45, 2.75) is 116 Å². The number of rotatable bonds is 17. The van der Waals surface area contributed by atoms with Crippen molar-refractivity contribution in [3.8, 4) is 28.7 Å². The molecule has 0 N–H and O–H groups in total. The van der Waals surface area contributed by atoms with Crippen molar-refractivity contribution in [2.75, 3.05) is 7.11 Å². The van der Waals surface area contributed by atoms with E-state index < -0.39 is 11.9 Å². The summed E-state index contributed by atoms with van der Waals surface area (Å²) in [6.07, 6.45) is 10.1. The zero-order valence-corrected chi connectivity index (χ0v) is 36.1. The van der Waals surface area contributed by atoms with Gasteiger partial charge in [0.05, 0.1) is 69.1 Å². The molecule has 8 rings (SSSR count). The molecule has 4 unspecified atom stereocenters. The molecule has 0 bridgehead atoms. The summed E-state index contributed by atoms with van der Waals surface area (Å²) in [6.45, 7) is 4.73. The van der Waals surface area contributed by atoms with E-state index in [4.69, 9.17) is 37.3 Å². The fraction of sp³-hybridized carbons (Fsp3) is 0.373. The van der Waals surface area contributed by atoms with E-state index in [0.29, 0.717) is 70.5 Å². The largest absolute Gasteiger partial charge is 0.497 e. The molecule has 2 fully saturated rings. The predicted octanol–water partition coefficient (Wildman–Crippen LogP) is 10.7. The van der Waals surface area contributed by atoms with E-state index in [-0.39, 0.29) is 37.6 Å². The first-order chi connectivity index (χ1) is 30.8. The molecule has 4 aromatic carbocycles. The van der Waals surface area contributed by atoms with Gasteiger partial charge in [-0.2, -0.15) is 0 Å². The number of methoxy groups -OCH3 is 1. The zero-order chi connectivity index (χ0) is 43.5. The highest BCUT2D eigenvalue weighted by atomic mass is 16.6. The molecule has 6 aromatic rings. The van der Waals surface area contributed by atoms with Crippen molar-refractivity contribution in [3.05, 3.63) is 148 Å². The molecule has 0 spiro atoms. The molecule has 328 valence electrons. The van der Waals surface area contributed by atoms with Crippen LogP contribution < -0.4 is 4.74 Å². The van der Waals surface area contributed by atoms with Crippen LogP contribution in [0.1, 0.15) is 106 Å². The lowest BCUT2D eigenvalue weighted by molar-refractivity contribution is -0.0564. The molecule has 2 aromatic heterocycles. The highest BCUT2D eigenvalue weighted by Crippen LogP contribution is 2.30. The SMILES string of the molecule is COc1ccc(-c2nc(COC3CCCC(OCc4cccc(C)c4C(=O)OC(=O)c4c(C)cccc4COC4CCCC(OCc5coc(-c6ccccc6)n5)C4)C3)co2)cc1. The van der Waals surface area contributed by atoms with E-state index in [1.54, 1.807) is 19.6 Å². The van der Waals surface area contributed by atoms with Crippen LogP contribution in [0, 0.1) is 13.8 Å². The normalized spacial score (nSPS) is 18.8. The van der Waals surface area contributed by atoms with Crippen molar-refractivity contribution in [3.63, 3.8) is 0 Å². The number of esters is 2. The van der Waals surface area contributed by atoms with E-state index >= 15 is 0 Å². The molecule has 12 heteroatoms. The second kappa shape index (κ2) is 21.0. The topological polar surface area (TPSA) is 142 Å². The molecule has 63 heavy (non-hydrogen) atoms. The van der Waals surface area contributed by atoms with Crippen molar-refractivity contribution < 1.29 is 46.8 Å². The summed E-state index contributed by atoms with van der Waals surface area (Å²) >= 11 is 0. The number of aromatic nitrogens is 2. The third-order valence-corrected chi connectivity index (χ3v) is 11.8. The summed E-state index contributed by atoms with van der Waals surface area (Å²) in [5, 5.41) is 0. The molecule has 12 nitrogen and oxygen atoms in total. The van der Waals surface area contributed by atoms with Gasteiger partial charge in [0.25, 0.3) is 0 Å². The average Bonchev–Trinajstić information content (AvgIpc) is 4.00. The van der Waals surface area contributed by atoms with Crippen molar-refractivity contribution >= 4 is 11.9 Å². The Balaban J connectivity index is 0.824. The summed E-state index contributed by atoms with van der Waals surface area (Å²) in [4.78, 5) is 36.8. The van der Waals surface area contributed by atoms with Crippen LogP contribution in [0.15, 0.2) is 112 Å². The van der Waals surface area contributed by atoms with Crippen LogP contribution in [0.3, 0.4) is 0 Å². The molecule has 2 aliphatic carbocycles. The summed E-state index contributed by atoms with van der Waals surface area (Å²) in [7, 11) is 1.63. The van der Waals surface area contributed by atoms with Crippen LogP contribution in [0.2, 0.25) is 0 Å². The lowest BCUT2D eigenvalue weighted by Gasteiger charge is -2.29. The molecule has 0 radical (unpaired) electrons. The monoisotopic (exact) mass is 854 g/mol. The maximum atomic E-state index is 13.8.